The van der Waals surface area contributed by atoms with Crippen molar-refractivity contribution >= 4 is 31.6 Å². The first-order valence-corrected chi connectivity index (χ1v) is 9.71. The van der Waals surface area contributed by atoms with Crippen molar-refractivity contribution < 1.29 is 8.42 Å². The fourth-order valence-electron chi connectivity index (χ4n) is 2.32. The van der Waals surface area contributed by atoms with E-state index in [0.717, 1.165) is 34.1 Å². The molecule has 2 rings (SSSR count). The van der Waals surface area contributed by atoms with E-state index in [9.17, 15) is 8.42 Å². The summed E-state index contributed by atoms with van der Waals surface area (Å²) in [6.45, 7) is 2.36. The van der Waals surface area contributed by atoms with Crippen LogP contribution in [0.2, 0.25) is 0 Å². The van der Waals surface area contributed by atoms with Gasteiger partial charge in [-0.15, -0.1) is 0 Å². The number of hydrogen-bond acceptors (Lipinski definition) is 3. The summed E-state index contributed by atoms with van der Waals surface area (Å²) in [6.07, 6.45) is 6.36. The minimum Gasteiger partial charge on any atom is -0.266 e. The maximum atomic E-state index is 12.3. The highest BCUT2D eigenvalue weighted by Gasteiger charge is 2.21. The van der Waals surface area contributed by atoms with E-state index in [-0.39, 0.29) is 6.54 Å². The molecule has 0 radical (unpaired) electrons. The predicted octanol–water partition coefficient (Wildman–Crippen LogP) is 3.76. The van der Waals surface area contributed by atoms with E-state index < -0.39 is 10.0 Å². The van der Waals surface area contributed by atoms with Crippen molar-refractivity contribution in [2.45, 2.75) is 26.3 Å². The number of hydrogen-bond donors (Lipinski definition) is 0. The lowest BCUT2D eigenvalue weighted by Gasteiger charge is -2.25. The molecule has 118 valence electrons. The summed E-state index contributed by atoms with van der Waals surface area (Å²) in [5, 5.41) is 0. The second-order valence-corrected chi connectivity index (χ2v) is 7.88. The number of anilines is 1. The second-order valence-electron chi connectivity index (χ2n) is 5.12. The van der Waals surface area contributed by atoms with Gasteiger partial charge in [0.15, 0.2) is 0 Å². The molecule has 0 amide bonds. The summed E-state index contributed by atoms with van der Waals surface area (Å²) in [5.74, 6) is 0. The summed E-state index contributed by atoms with van der Waals surface area (Å²) < 4.78 is 27.0. The molecule has 0 aliphatic carbocycles. The third-order valence-electron chi connectivity index (χ3n) is 3.31. The van der Waals surface area contributed by atoms with Crippen LogP contribution in [-0.4, -0.2) is 19.7 Å². The second kappa shape index (κ2) is 7.24. The zero-order valence-corrected chi connectivity index (χ0v) is 15.1. The molecule has 0 bridgehead atoms. The van der Waals surface area contributed by atoms with Crippen LogP contribution < -0.4 is 4.31 Å². The molecule has 1 aromatic carbocycles. The fourth-order valence-corrected chi connectivity index (χ4v) is 3.78. The smallest absolute Gasteiger partial charge is 0.232 e. The van der Waals surface area contributed by atoms with Crippen LogP contribution in [0.25, 0.3) is 0 Å². The molecule has 0 atom stereocenters. The molecule has 0 aliphatic rings. The van der Waals surface area contributed by atoms with Crippen LogP contribution in [0.1, 0.15) is 24.5 Å². The van der Waals surface area contributed by atoms with Gasteiger partial charge in [-0.3, -0.25) is 9.29 Å². The van der Waals surface area contributed by atoms with E-state index in [0.29, 0.717) is 0 Å². The van der Waals surface area contributed by atoms with Crippen molar-refractivity contribution in [3.8, 4) is 0 Å². The van der Waals surface area contributed by atoms with Gasteiger partial charge >= 0.3 is 0 Å². The summed E-state index contributed by atoms with van der Waals surface area (Å²) in [7, 11) is -3.39. The number of nitrogens with zero attached hydrogens (tertiary/aromatic N) is 2. The van der Waals surface area contributed by atoms with Crippen LogP contribution in [0.3, 0.4) is 0 Å². The van der Waals surface area contributed by atoms with Gasteiger partial charge in [-0.05, 0) is 35.7 Å². The number of benzene rings is 1. The van der Waals surface area contributed by atoms with Crippen molar-refractivity contribution in [3.63, 3.8) is 0 Å². The van der Waals surface area contributed by atoms with Crippen molar-refractivity contribution in [3.05, 3.63) is 58.3 Å². The SMILES string of the molecule is CCCc1c(Br)cccc1N(Cc1cccnc1)S(C)(=O)=O. The van der Waals surface area contributed by atoms with Gasteiger partial charge in [0, 0.05) is 16.9 Å². The Morgan fingerprint density at radius 1 is 1.23 bits per heavy atom. The molecule has 6 heteroatoms. The number of rotatable bonds is 6. The van der Waals surface area contributed by atoms with Gasteiger partial charge in [-0.2, -0.15) is 0 Å². The molecule has 4 nitrogen and oxygen atoms in total. The first kappa shape index (κ1) is 17.0. The highest BCUT2D eigenvalue weighted by Crippen LogP contribution is 2.31. The molecule has 0 spiro atoms. The van der Waals surface area contributed by atoms with Crippen molar-refractivity contribution in [1.29, 1.82) is 0 Å². The highest BCUT2D eigenvalue weighted by molar-refractivity contribution is 9.10. The first-order valence-electron chi connectivity index (χ1n) is 7.07. The molecule has 0 saturated carbocycles. The molecule has 0 saturated heterocycles. The molecule has 1 heterocycles. The van der Waals surface area contributed by atoms with Gasteiger partial charge in [0.2, 0.25) is 10.0 Å². The minimum absolute atomic E-state index is 0.278. The number of pyridine rings is 1. The third-order valence-corrected chi connectivity index (χ3v) is 5.18. The molecule has 0 N–H and O–H groups in total. The fraction of sp³-hybridized carbons (Fsp3) is 0.312. The Morgan fingerprint density at radius 2 is 2.00 bits per heavy atom. The Morgan fingerprint density at radius 3 is 2.59 bits per heavy atom. The zero-order chi connectivity index (χ0) is 16.2. The monoisotopic (exact) mass is 382 g/mol. The lowest BCUT2D eigenvalue weighted by molar-refractivity contribution is 0.596. The Balaban J connectivity index is 2.49. The quantitative estimate of drug-likeness (QED) is 0.763. The molecule has 0 fully saturated rings. The molecule has 1 aromatic heterocycles. The molecule has 22 heavy (non-hydrogen) atoms. The van der Waals surface area contributed by atoms with Gasteiger partial charge < -0.3 is 0 Å². The summed E-state index contributed by atoms with van der Waals surface area (Å²) in [5.41, 5.74) is 2.59. The summed E-state index contributed by atoms with van der Waals surface area (Å²) in [4.78, 5) is 4.06. The minimum atomic E-state index is -3.39. The zero-order valence-electron chi connectivity index (χ0n) is 12.7. The van der Waals surface area contributed by atoms with Crippen molar-refractivity contribution in [1.82, 2.24) is 4.98 Å². The Labute approximate surface area is 140 Å². The lowest BCUT2D eigenvalue weighted by atomic mass is 10.1. The van der Waals surface area contributed by atoms with Gasteiger partial charge in [0.1, 0.15) is 0 Å². The van der Waals surface area contributed by atoms with Crippen molar-refractivity contribution in [2.24, 2.45) is 0 Å². The maximum Gasteiger partial charge on any atom is 0.232 e. The Bertz CT molecular complexity index is 733. The van der Waals surface area contributed by atoms with E-state index in [4.69, 9.17) is 0 Å². The molecule has 0 unspecified atom stereocenters. The van der Waals surface area contributed by atoms with E-state index >= 15 is 0 Å². The lowest BCUT2D eigenvalue weighted by Crippen LogP contribution is -2.30. The largest absolute Gasteiger partial charge is 0.266 e. The Kier molecular flexibility index (Phi) is 5.58. The molecular formula is C16H19BrN2O2S. The number of halogens is 1. The van der Waals surface area contributed by atoms with E-state index in [2.05, 4.69) is 27.8 Å². The third kappa shape index (κ3) is 4.08. The molecular weight excluding hydrogens is 364 g/mol. The van der Waals surface area contributed by atoms with Gasteiger partial charge in [0.25, 0.3) is 0 Å². The van der Waals surface area contributed by atoms with Gasteiger partial charge in [-0.25, -0.2) is 8.42 Å². The van der Waals surface area contributed by atoms with Gasteiger partial charge in [-0.1, -0.05) is 41.4 Å². The van der Waals surface area contributed by atoms with Gasteiger partial charge in [0.05, 0.1) is 18.5 Å². The van der Waals surface area contributed by atoms with Crippen LogP contribution in [0, 0.1) is 0 Å². The molecule has 0 aliphatic heterocycles. The maximum absolute atomic E-state index is 12.3. The van der Waals surface area contributed by atoms with Crippen LogP contribution in [0.4, 0.5) is 5.69 Å². The topological polar surface area (TPSA) is 50.3 Å². The van der Waals surface area contributed by atoms with Crippen LogP contribution in [-0.2, 0) is 23.0 Å². The summed E-state index contributed by atoms with van der Waals surface area (Å²) >= 11 is 3.53. The van der Waals surface area contributed by atoms with Crippen molar-refractivity contribution in [2.75, 3.05) is 10.6 Å². The van der Waals surface area contributed by atoms with Crippen LogP contribution in [0.5, 0.6) is 0 Å². The average Bonchev–Trinajstić information content (AvgIpc) is 2.47. The van der Waals surface area contributed by atoms with Crippen LogP contribution in [0.15, 0.2) is 47.2 Å². The summed E-state index contributed by atoms with van der Waals surface area (Å²) in [6, 6.07) is 9.35. The molecule has 2 aromatic rings. The average molecular weight is 383 g/mol. The van der Waals surface area contributed by atoms with E-state index in [1.54, 1.807) is 12.4 Å². The normalized spacial score (nSPS) is 11.4. The van der Waals surface area contributed by atoms with E-state index in [1.807, 2.05) is 30.3 Å². The highest BCUT2D eigenvalue weighted by atomic mass is 79.9. The van der Waals surface area contributed by atoms with Crippen LogP contribution >= 0.6 is 15.9 Å². The number of aromatic nitrogens is 1. The number of sulfonamides is 1. The van der Waals surface area contributed by atoms with E-state index in [1.165, 1.54) is 10.6 Å². The standard InChI is InChI=1S/C16H19BrN2O2S/c1-3-6-14-15(17)8-4-9-16(14)19(22(2,20)21)12-13-7-5-10-18-11-13/h4-5,7-11H,3,6,12H2,1-2H3. The Hall–Kier alpha value is -1.40. The first-order chi connectivity index (χ1) is 10.4. The predicted molar refractivity (Wildman–Crippen MR) is 93.4 cm³/mol.